The van der Waals surface area contributed by atoms with Crippen LogP contribution in [0.5, 0.6) is 0 Å². The Balaban J connectivity index is 2.38. The Labute approximate surface area is 90.5 Å². The molecule has 1 heterocycles. The van der Waals surface area contributed by atoms with Crippen LogP contribution in [0.15, 0.2) is 48.7 Å². The van der Waals surface area contributed by atoms with Crippen molar-refractivity contribution in [2.75, 3.05) is 0 Å². The second-order valence-corrected chi connectivity index (χ2v) is 3.94. The Hall–Kier alpha value is -1.63. The van der Waals surface area contributed by atoms with Crippen molar-refractivity contribution in [3.05, 3.63) is 54.4 Å². The largest absolute Gasteiger partial charge is 0.261 e. The molecule has 1 heteroatoms. The third-order valence-electron chi connectivity index (χ3n) is 2.54. The molecule has 0 amide bonds. The van der Waals surface area contributed by atoms with E-state index in [0.717, 1.165) is 12.8 Å². The summed E-state index contributed by atoms with van der Waals surface area (Å²) < 4.78 is 0. The Bertz CT molecular complexity index is 480. The van der Waals surface area contributed by atoms with E-state index in [0.29, 0.717) is 0 Å². The first kappa shape index (κ1) is 9.91. The van der Waals surface area contributed by atoms with Crippen LogP contribution in [0.4, 0.5) is 0 Å². The van der Waals surface area contributed by atoms with Gasteiger partial charge in [0, 0.05) is 17.3 Å². The molecule has 0 radical (unpaired) electrons. The Morgan fingerprint density at radius 2 is 2.07 bits per heavy atom. The molecule has 0 saturated carbocycles. The summed E-state index contributed by atoms with van der Waals surface area (Å²) in [5.74, 6) is 0. The van der Waals surface area contributed by atoms with Crippen LogP contribution in [0, 0.1) is 0 Å². The number of hydrogen-bond acceptors (Lipinski definition) is 1. The lowest BCUT2D eigenvalue weighted by Crippen LogP contribution is -1.92. The molecule has 0 aliphatic carbocycles. The molecule has 0 saturated heterocycles. The van der Waals surface area contributed by atoms with E-state index in [9.17, 15) is 0 Å². The zero-order valence-electron chi connectivity index (χ0n) is 9.03. The van der Waals surface area contributed by atoms with Gasteiger partial charge in [-0.1, -0.05) is 29.8 Å². The lowest BCUT2D eigenvalue weighted by Gasteiger charge is -2.04. The van der Waals surface area contributed by atoms with Crippen molar-refractivity contribution in [3.8, 4) is 0 Å². The first-order chi connectivity index (χ1) is 7.27. The third kappa shape index (κ3) is 2.24. The van der Waals surface area contributed by atoms with Crippen LogP contribution < -0.4 is 0 Å². The maximum absolute atomic E-state index is 4.44. The molecule has 0 spiro atoms. The van der Waals surface area contributed by atoms with E-state index in [4.69, 9.17) is 0 Å². The molecule has 1 aromatic carbocycles. The zero-order chi connectivity index (χ0) is 10.7. The first-order valence-corrected chi connectivity index (χ1v) is 5.24. The fourth-order valence-electron chi connectivity index (χ4n) is 1.71. The number of pyridine rings is 1. The van der Waals surface area contributed by atoms with Gasteiger partial charge in [-0.25, -0.2) is 0 Å². The van der Waals surface area contributed by atoms with E-state index in [2.05, 4.69) is 48.8 Å². The SMILES string of the molecule is C=C(C)CCc1nccc2ccccc12. The summed E-state index contributed by atoms with van der Waals surface area (Å²) in [5, 5.41) is 2.53. The smallest absolute Gasteiger partial charge is 0.0485 e. The lowest BCUT2D eigenvalue weighted by atomic mass is 10.1. The minimum Gasteiger partial charge on any atom is -0.261 e. The molecule has 76 valence electrons. The van der Waals surface area contributed by atoms with E-state index in [1.807, 2.05) is 6.20 Å². The van der Waals surface area contributed by atoms with Crippen molar-refractivity contribution >= 4 is 10.8 Å². The van der Waals surface area contributed by atoms with Crippen molar-refractivity contribution in [2.24, 2.45) is 0 Å². The van der Waals surface area contributed by atoms with Crippen molar-refractivity contribution in [1.29, 1.82) is 0 Å². The molecule has 0 N–H and O–H groups in total. The molecule has 0 aliphatic rings. The number of benzene rings is 1. The predicted molar refractivity (Wildman–Crippen MR) is 64.9 cm³/mol. The molecule has 1 aromatic heterocycles. The quantitative estimate of drug-likeness (QED) is 0.683. The summed E-state index contributed by atoms with van der Waals surface area (Å²) in [7, 11) is 0. The number of allylic oxidation sites excluding steroid dienone is 1. The van der Waals surface area contributed by atoms with Crippen LogP contribution in [0.3, 0.4) is 0 Å². The minimum atomic E-state index is 0.983. The molecule has 2 rings (SSSR count). The molecule has 1 nitrogen and oxygen atoms in total. The van der Waals surface area contributed by atoms with E-state index in [-0.39, 0.29) is 0 Å². The van der Waals surface area contributed by atoms with E-state index < -0.39 is 0 Å². The summed E-state index contributed by atoms with van der Waals surface area (Å²) in [4.78, 5) is 4.44. The highest BCUT2D eigenvalue weighted by Crippen LogP contribution is 2.18. The van der Waals surface area contributed by atoms with E-state index in [1.54, 1.807) is 0 Å². The fraction of sp³-hybridized carbons (Fsp3) is 0.214. The fourth-order valence-corrected chi connectivity index (χ4v) is 1.71. The van der Waals surface area contributed by atoms with Crippen molar-refractivity contribution in [1.82, 2.24) is 4.98 Å². The van der Waals surface area contributed by atoms with Gasteiger partial charge in [0.05, 0.1) is 0 Å². The average molecular weight is 197 g/mol. The van der Waals surface area contributed by atoms with Gasteiger partial charge >= 0.3 is 0 Å². The second-order valence-electron chi connectivity index (χ2n) is 3.94. The van der Waals surface area contributed by atoms with Crippen molar-refractivity contribution in [2.45, 2.75) is 19.8 Å². The highest BCUT2D eigenvalue weighted by molar-refractivity contribution is 5.84. The van der Waals surface area contributed by atoms with E-state index >= 15 is 0 Å². The lowest BCUT2D eigenvalue weighted by molar-refractivity contribution is 0.915. The first-order valence-electron chi connectivity index (χ1n) is 5.24. The Kier molecular flexibility index (Phi) is 2.82. The number of nitrogens with zero attached hydrogens (tertiary/aromatic N) is 1. The standard InChI is InChI=1S/C14H15N/c1-11(2)7-8-14-13-6-4-3-5-12(13)9-10-15-14/h3-6,9-10H,1,7-8H2,2H3. The topological polar surface area (TPSA) is 12.9 Å². The molecular formula is C14H15N. The summed E-state index contributed by atoms with van der Waals surface area (Å²) in [6, 6.07) is 10.4. The second kappa shape index (κ2) is 4.26. The van der Waals surface area contributed by atoms with Gasteiger partial charge in [-0.05, 0) is 31.2 Å². The summed E-state index contributed by atoms with van der Waals surface area (Å²) in [6.45, 7) is 5.98. The molecule has 0 unspecified atom stereocenters. The van der Waals surface area contributed by atoms with Gasteiger partial charge in [-0.15, -0.1) is 6.58 Å². The third-order valence-corrected chi connectivity index (χ3v) is 2.54. The van der Waals surface area contributed by atoms with Crippen LogP contribution in [0.25, 0.3) is 10.8 Å². The molecule has 0 aliphatic heterocycles. The van der Waals surface area contributed by atoms with Crippen molar-refractivity contribution < 1.29 is 0 Å². The molecule has 0 fully saturated rings. The number of rotatable bonds is 3. The van der Waals surface area contributed by atoms with Crippen LogP contribution >= 0.6 is 0 Å². The summed E-state index contributed by atoms with van der Waals surface area (Å²) in [5.41, 5.74) is 2.39. The van der Waals surface area contributed by atoms with Crippen LogP contribution in [-0.2, 0) is 6.42 Å². The van der Waals surface area contributed by atoms with Crippen molar-refractivity contribution in [3.63, 3.8) is 0 Å². The van der Waals surface area contributed by atoms with Gasteiger partial charge in [-0.3, -0.25) is 4.98 Å². The van der Waals surface area contributed by atoms with Gasteiger partial charge < -0.3 is 0 Å². The number of hydrogen-bond donors (Lipinski definition) is 0. The summed E-state index contributed by atoms with van der Waals surface area (Å²) >= 11 is 0. The highest BCUT2D eigenvalue weighted by Gasteiger charge is 2.01. The molecule has 0 atom stereocenters. The van der Waals surface area contributed by atoms with Crippen LogP contribution in [-0.4, -0.2) is 4.98 Å². The number of aryl methyl sites for hydroxylation is 1. The van der Waals surface area contributed by atoms with Gasteiger partial charge in [0.1, 0.15) is 0 Å². The number of aromatic nitrogens is 1. The van der Waals surface area contributed by atoms with Gasteiger partial charge in [0.15, 0.2) is 0 Å². The average Bonchev–Trinajstić information content (AvgIpc) is 2.26. The Morgan fingerprint density at radius 3 is 2.87 bits per heavy atom. The zero-order valence-corrected chi connectivity index (χ0v) is 9.03. The minimum absolute atomic E-state index is 0.983. The molecular weight excluding hydrogens is 182 g/mol. The summed E-state index contributed by atoms with van der Waals surface area (Å²) in [6.07, 6.45) is 3.88. The normalized spacial score (nSPS) is 10.5. The van der Waals surface area contributed by atoms with Crippen LogP contribution in [0.1, 0.15) is 19.0 Å². The predicted octanol–water partition coefficient (Wildman–Crippen LogP) is 3.74. The molecule has 15 heavy (non-hydrogen) atoms. The van der Waals surface area contributed by atoms with E-state index in [1.165, 1.54) is 22.0 Å². The van der Waals surface area contributed by atoms with Gasteiger partial charge in [0.25, 0.3) is 0 Å². The Morgan fingerprint density at radius 1 is 1.27 bits per heavy atom. The monoisotopic (exact) mass is 197 g/mol. The highest BCUT2D eigenvalue weighted by atomic mass is 14.7. The molecule has 2 aromatic rings. The maximum atomic E-state index is 4.44. The maximum Gasteiger partial charge on any atom is 0.0485 e. The molecule has 0 bridgehead atoms. The van der Waals surface area contributed by atoms with Crippen LogP contribution in [0.2, 0.25) is 0 Å². The number of fused-ring (bicyclic) bond motifs is 1. The van der Waals surface area contributed by atoms with Gasteiger partial charge in [0.2, 0.25) is 0 Å². The van der Waals surface area contributed by atoms with Gasteiger partial charge in [-0.2, -0.15) is 0 Å².